The van der Waals surface area contributed by atoms with E-state index in [2.05, 4.69) is 20.9 Å². The van der Waals surface area contributed by atoms with Crippen LogP contribution in [0.15, 0.2) is 41.0 Å². The maximum atomic E-state index is 12.6. The van der Waals surface area contributed by atoms with Crippen LogP contribution in [-0.2, 0) is 0 Å². The van der Waals surface area contributed by atoms with E-state index in [1.165, 1.54) is 0 Å². The SMILES string of the molecule is O=C(c1ccc(Cl)c(Br)c1)c1c[nH]c2cc(Cl)cc(Cl)c12. The lowest BCUT2D eigenvalue weighted by molar-refractivity contribution is 0.104. The first-order valence-corrected chi connectivity index (χ1v) is 7.86. The van der Waals surface area contributed by atoms with Gasteiger partial charge in [-0.2, -0.15) is 0 Å². The molecular formula is C15H7BrCl3NO. The lowest BCUT2D eigenvalue weighted by atomic mass is 10.0. The number of rotatable bonds is 2. The van der Waals surface area contributed by atoms with E-state index in [-0.39, 0.29) is 5.78 Å². The van der Waals surface area contributed by atoms with Gasteiger partial charge in [-0.3, -0.25) is 4.79 Å². The highest BCUT2D eigenvalue weighted by Gasteiger charge is 2.17. The number of hydrogen-bond donors (Lipinski definition) is 1. The fraction of sp³-hybridized carbons (Fsp3) is 0. The number of fused-ring (bicyclic) bond motifs is 1. The minimum absolute atomic E-state index is 0.136. The fourth-order valence-corrected chi connectivity index (χ4v) is 3.25. The summed E-state index contributed by atoms with van der Waals surface area (Å²) in [5, 5.41) is 2.17. The van der Waals surface area contributed by atoms with Crippen molar-refractivity contribution < 1.29 is 4.79 Å². The number of carbonyl (C=O) groups is 1. The Bertz CT molecular complexity index is 873. The highest BCUT2D eigenvalue weighted by Crippen LogP contribution is 2.32. The number of H-pyrrole nitrogens is 1. The van der Waals surface area contributed by atoms with Gasteiger partial charge in [-0.1, -0.05) is 34.8 Å². The summed E-state index contributed by atoms with van der Waals surface area (Å²) in [6, 6.07) is 8.39. The van der Waals surface area contributed by atoms with Crippen LogP contribution >= 0.6 is 50.7 Å². The van der Waals surface area contributed by atoms with Crippen LogP contribution in [0, 0.1) is 0 Å². The third-order valence-corrected chi connectivity index (χ3v) is 4.85. The van der Waals surface area contributed by atoms with E-state index >= 15 is 0 Å². The van der Waals surface area contributed by atoms with Gasteiger partial charge in [-0.25, -0.2) is 0 Å². The zero-order valence-electron chi connectivity index (χ0n) is 10.4. The fourth-order valence-electron chi connectivity index (χ4n) is 2.16. The number of benzene rings is 2. The Labute approximate surface area is 144 Å². The number of halogens is 4. The van der Waals surface area contributed by atoms with Crippen LogP contribution in [0.5, 0.6) is 0 Å². The molecule has 0 aliphatic rings. The minimum atomic E-state index is -0.136. The molecule has 0 saturated heterocycles. The highest BCUT2D eigenvalue weighted by molar-refractivity contribution is 9.10. The summed E-state index contributed by atoms with van der Waals surface area (Å²) in [6.07, 6.45) is 1.64. The van der Waals surface area contributed by atoms with Crippen molar-refractivity contribution in [1.29, 1.82) is 0 Å². The average molecular weight is 403 g/mol. The van der Waals surface area contributed by atoms with Gasteiger partial charge in [0.1, 0.15) is 0 Å². The molecule has 1 N–H and O–H groups in total. The van der Waals surface area contributed by atoms with Crippen molar-refractivity contribution in [3.63, 3.8) is 0 Å². The smallest absolute Gasteiger partial charge is 0.195 e. The van der Waals surface area contributed by atoms with Gasteiger partial charge >= 0.3 is 0 Å². The number of hydrogen-bond acceptors (Lipinski definition) is 1. The molecule has 0 spiro atoms. The van der Waals surface area contributed by atoms with Crippen molar-refractivity contribution in [2.24, 2.45) is 0 Å². The molecule has 1 aromatic heterocycles. The second-order valence-corrected chi connectivity index (χ2v) is 6.58. The van der Waals surface area contributed by atoms with Gasteiger partial charge in [0.15, 0.2) is 5.78 Å². The first-order chi connectivity index (χ1) is 9.97. The number of aromatic nitrogens is 1. The first-order valence-electron chi connectivity index (χ1n) is 5.93. The molecule has 0 fully saturated rings. The second kappa shape index (κ2) is 5.65. The molecule has 21 heavy (non-hydrogen) atoms. The Morgan fingerprint density at radius 1 is 1.05 bits per heavy atom. The molecule has 0 aliphatic carbocycles. The summed E-state index contributed by atoms with van der Waals surface area (Å²) >= 11 is 21.4. The van der Waals surface area contributed by atoms with E-state index in [0.29, 0.717) is 36.1 Å². The van der Waals surface area contributed by atoms with Crippen molar-refractivity contribution in [1.82, 2.24) is 4.98 Å². The number of nitrogens with one attached hydrogen (secondary N) is 1. The van der Waals surface area contributed by atoms with E-state index in [1.807, 2.05) is 0 Å². The molecule has 1 heterocycles. The van der Waals surface area contributed by atoms with Crippen molar-refractivity contribution in [3.05, 3.63) is 67.2 Å². The van der Waals surface area contributed by atoms with Gasteiger partial charge in [-0.05, 0) is 46.3 Å². The van der Waals surface area contributed by atoms with Gasteiger partial charge in [0.25, 0.3) is 0 Å². The van der Waals surface area contributed by atoms with E-state index in [4.69, 9.17) is 34.8 Å². The molecule has 0 radical (unpaired) electrons. The minimum Gasteiger partial charge on any atom is -0.360 e. The van der Waals surface area contributed by atoms with Crippen molar-refractivity contribution >= 4 is 67.4 Å². The zero-order valence-corrected chi connectivity index (χ0v) is 14.2. The molecule has 2 aromatic carbocycles. The summed E-state index contributed by atoms with van der Waals surface area (Å²) < 4.78 is 0.670. The molecule has 0 atom stereocenters. The summed E-state index contributed by atoms with van der Waals surface area (Å²) in [5.74, 6) is -0.136. The normalized spacial score (nSPS) is 11.0. The Hall–Kier alpha value is -1.000. The van der Waals surface area contributed by atoms with Crippen LogP contribution in [0.25, 0.3) is 10.9 Å². The molecule has 0 amide bonds. The molecule has 0 saturated carbocycles. The molecule has 0 unspecified atom stereocenters. The van der Waals surface area contributed by atoms with E-state index in [0.717, 1.165) is 5.52 Å². The molecule has 2 nitrogen and oxygen atoms in total. The van der Waals surface area contributed by atoms with Crippen LogP contribution in [-0.4, -0.2) is 10.8 Å². The third-order valence-electron chi connectivity index (χ3n) is 3.12. The van der Waals surface area contributed by atoms with Crippen LogP contribution < -0.4 is 0 Å². The first kappa shape index (κ1) is 14.9. The standard InChI is InChI=1S/C15H7BrCl3NO/c16-10-3-7(1-2-11(10)18)15(21)9-6-20-13-5-8(17)4-12(19)14(9)13/h1-6,20H. The monoisotopic (exact) mass is 401 g/mol. The summed E-state index contributed by atoms with van der Waals surface area (Å²) in [5.41, 5.74) is 1.75. The molecule has 0 bridgehead atoms. The van der Waals surface area contributed by atoms with Gasteiger partial charge in [0.2, 0.25) is 0 Å². The molecule has 106 valence electrons. The molecular weight excluding hydrogens is 396 g/mol. The van der Waals surface area contributed by atoms with Crippen molar-refractivity contribution in [2.45, 2.75) is 0 Å². The number of aromatic amines is 1. The van der Waals surface area contributed by atoms with Crippen LogP contribution in [0.1, 0.15) is 15.9 Å². The van der Waals surface area contributed by atoms with Crippen LogP contribution in [0.4, 0.5) is 0 Å². The van der Waals surface area contributed by atoms with Gasteiger partial charge < -0.3 is 4.98 Å². The highest BCUT2D eigenvalue weighted by atomic mass is 79.9. The summed E-state index contributed by atoms with van der Waals surface area (Å²) in [4.78, 5) is 15.7. The maximum absolute atomic E-state index is 12.6. The predicted molar refractivity (Wildman–Crippen MR) is 90.9 cm³/mol. The van der Waals surface area contributed by atoms with Gasteiger partial charge in [0, 0.05) is 37.7 Å². The quantitative estimate of drug-likeness (QED) is 0.514. The van der Waals surface area contributed by atoms with Crippen LogP contribution in [0.3, 0.4) is 0 Å². The average Bonchev–Trinajstić information content (AvgIpc) is 2.85. The molecule has 6 heteroatoms. The Morgan fingerprint density at radius 3 is 2.52 bits per heavy atom. The van der Waals surface area contributed by atoms with Crippen molar-refractivity contribution in [2.75, 3.05) is 0 Å². The Morgan fingerprint density at radius 2 is 1.81 bits per heavy atom. The molecule has 0 aliphatic heterocycles. The van der Waals surface area contributed by atoms with Gasteiger partial charge in [0.05, 0.1) is 10.0 Å². The van der Waals surface area contributed by atoms with Crippen LogP contribution in [0.2, 0.25) is 15.1 Å². The zero-order chi connectivity index (χ0) is 15.1. The van der Waals surface area contributed by atoms with Gasteiger partial charge in [-0.15, -0.1) is 0 Å². The van der Waals surface area contributed by atoms with Crippen molar-refractivity contribution in [3.8, 4) is 0 Å². The predicted octanol–water partition coefficient (Wildman–Crippen LogP) is 6.12. The third kappa shape index (κ3) is 2.71. The summed E-state index contributed by atoms with van der Waals surface area (Å²) in [6.45, 7) is 0. The van der Waals surface area contributed by atoms with E-state index in [1.54, 1.807) is 36.5 Å². The topological polar surface area (TPSA) is 32.9 Å². The lowest BCUT2D eigenvalue weighted by Gasteiger charge is -2.03. The Balaban J connectivity index is 2.16. The number of carbonyl (C=O) groups excluding carboxylic acids is 1. The molecule has 3 rings (SSSR count). The maximum Gasteiger partial charge on any atom is 0.195 e. The number of ketones is 1. The van der Waals surface area contributed by atoms with E-state index in [9.17, 15) is 4.79 Å². The van der Waals surface area contributed by atoms with E-state index < -0.39 is 0 Å². The largest absolute Gasteiger partial charge is 0.360 e. The second-order valence-electron chi connectivity index (χ2n) is 4.47. The lowest BCUT2D eigenvalue weighted by Crippen LogP contribution is -2.00. The Kier molecular flexibility index (Phi) is 4.02. The summed E-state index contributed by atoms with van der Waals surface area (Å²) in [7, 11) is 0. The molecule has 3 aromatic rings.